The van der Waals surface area contributed by atoms with E-state index in [1.165, 1.54) is 26.8 Å². The predicted molar refractivity (Wildman–Crippen MR) is 108 cm³/mol. The maximum absolute atomic E-state index is 5.43. The van der Waals surface area contributed by atoms with Crippen molar-refractivity contribution in [2.75, 3.05) is 6.79 Å². The first-order valence-electron chi connectivity index (χ1n) is 8.89. The fourth-order valence-electron chi connectivity index (χ4n) is 3.32. The lowest BCUT2D eigenvalue weighted by Gasteiger charge is -2.05. The second kappa shape index (κ2) is 7.02. The minimum Gasteiger partial charge on any atom is -0.454 e. The Morgan fingerprint density at radius 3 is 2.81 bits per heavy atom. The Hall–Kier alpha value is -2.89. The average molecular weight is 374 g/mol. The number of nitrogens with one attached hydrogen (secondary N) is 1. The maximum Gasteiger partial charge on any atom is 0.231 e. The third kappa shape index (κ3) is 3.27. The average Bonchev–Trinajstić information content (AvgIpc) is 3.36. The van der Waals surface area contributed by atoms with E-state index in [2.05, 4.69) is 58.8 Å². The molecule has 0 bridgehead atoms. The molecule has 0 saturated carbocycles. The lowest BCUT2D eigenvalue weighted by Crippen LogP contribution is -2.12. The molecule has 1 aliphatic heterocycles. The molecule has 0 radical (unpaired) electrons. The summed E-state index contributed by atoms with van der Waals surface area (Å²) >= 11 is 1.74. The molecule has 0 fully saturated rings. The van der Waals surface area contributed by atoms with E-state index in [0.29, 0.717) is 6.79 Å². The van der Waals surface area contributed by atoms with Gasteiger partial charge in [-0.15, -0.1) is 11.3 Å². The molecule has 0 amide bonds. The Balaban J connectivity index is 1.28. The predicted octanol–water partition coefficient (Wildman–Crippen LogP) is 4.98. The van der Waals surface area contributed by atoms with Crippen LogP contribution in [0.5, 0.6) is 11.5 Å². The van der Waals surface area contributed by atoms with Crippen molar-refractivity contribution < 1.29 is 9.47 Å². The second-order valence-corrected chi connectivity index (χ2v) is 7.55. The molecule has 134 valence electrons. The zero-order valence-corrected chi connectivity index (χ0v) is 15.5. The van der Waals surface area contributed by atoms with E-state index in [1.807, 2.05) is 18.3 Å². The van der Waals surface area contributed by atoms with Crippen LogP contribution in [0.2, 0.25) is 0 Å². The van der Waals surface area contributed by atoms with Gasteiger partial charge in [0.15, 0.2) is 11.5 Å². The third-order valence-corrected chi connectivity index (χ3v) is 5.68. The molecule has 2 heterocycles. The van der Waals surface area contributed by atoms with E-state index in [4.69, 9.17) is 9.47 Å². The van der Waals surface area contributed by atoms with Gasteiger partial charge in [-0.2, -0.15) is 0 Å². The van der Waals surface area contributed by atoms with Crippen molar-refractivity contribution in [1.29, 1.82) is 0 Å². The van der Waals surface area contributed by atoms with Gasteiger partial charge in [0.05, 0.1) is 4.88 Å². The summed E-state index contributed by atoms with van der Waals surface area (Å²) in [5.74, 6) is 1.64. The van der Waals surface area contributed by atoms with E-state index >= 15 is 0 Å². The molecule has 27 heavy (non-hydrogen) atoms. The maximum atomic E-state index is 5.43. The molecular formula is C22H18N2O2S. The molecular weight excluding hydrogens is 356 g/mol. The second-order valence-electron chi connectivity index (χ2n) is 6.44. The van der Waals surface area contributed by atoms with Crippen LogP contribution in [0.25, 0.3) is 21.2 Å². The molecule has 0 atom stereocenters. The molecule has 5 rings (SSSR count). The standard InChI is InChI=1S/C22H18N2O2S/c1-2-6-17-16(4-1)5-3-7-18(17)21-12-24-22(27-21)13-23-11-15-8-9-19-20(10-15)26-14-25-19/h1-10,12,23H,11,13-14H2. The Kier molecular flexibility index (Phi) is 4.24. The first kappa shape index (κ1) is 16.3. The first-order valence-corrected chi connectivity index (χ1v) is 9.70. The highest BCUT2D eigenvalue weighted by atomic mass is 32.1. The zero-order chi connectivity index (χ0) is 18.1. The molecule has 0 saturated heterocycles. The van der Waals surface area contributed by atoms with Crippen molar-refractivity contribution in [2.24, 2.45) is 0 Å². The number of hydrogen-bond donors (Lipinski definition) is 1. The lowest BCUT2D eigenvalue weighted by atomic mass is 10.0. The highest BCUT2D eigenvalue weighted by molar-refractivity contribution is 7.15. The Bertz CT molecular complexity index is 1100. The first-order chi connectivity index (χ1) is 13.4. The molecule has 1 aromatic heterocycles. The van der Waals surface area contributed by atoms with Gasteiger partial charge >= 0.3 is 0 Å². The molecule has 1 N–H and O–H groups in total. The molecule has 4 aromatic rings. The van der Waals surface area contributed by atoms with Crippen LogP contribution in [-0.2, 0) is 13.1 Å². The Morgan fingerprint density at radius 1 is 0.926 bits per heavy atom. The number of benzene rings is 3. The summed E-state index contributed by atoms with van der Waals surface area (Å²) in [5.41, 5.74) is 2.41. The fraction of sp³-hybridized carbons (Fsp3) is 0.136. The van der Waals surface area contributed by atoms with Crippen LogP contribution in [0.15, 0.2) is 66.9 Å². The minimum atomic E-state index is 0.308. The van der Waals surface area contributed by atoms with Gasteiger partial charge < -0.3 is 14.8 Å². The van der Waals surface area contributed by atoms with E-state index in [1.54, 1.807) is 11.3 Å². The molecule has 5 heteroatoms. The minimum absolute atomic E-state index is 0.308. The number of ether oxygens (including phenoxy) is 2. The van der Waals surface area contributed by atoms with Crippen LogP contribution < -0.4 is 14.8 Å². The summed E-state index contributed by atoms with van der Waals surface area (Å²) in [7, 11) is 0. The van der Waals surface area contributed by atoms with E-state index in [9.17, 15) is 0 Å². The van der Waals surface area contributed by atoms with E-state index < -0.39 is 0 Å². The molecule has 4 nitrogen and oxygen atoms in total. The summed E-state index contributed by atoms with van der Waals surface area (Å²) in [5, 5.41) is 7.07. The van der Waals surface area contributed by atoms with Crippen molar-refractivity contribution in [2.45, 2.75) is 13.1 Å². The van der Waals surface area contributed by atoms with Gasteiger partial charge in [-0.05, 0) is 28.5 Å². The SMILES string of the molecule is c1ccc2c(-c3cnc(CNCc4ccc5c(c4)OCO5)s3)cccc2c1. The zero-order valence-electron chi connectivity index (χ0n) is 14.6. The highest BCUT2D eigenvalue weighted by Gasteiger charge is 2.13. The van der Waals surface area contributed by atoms with Gasteiger partial charge in [-0.1, -0.05) is 48.5 Å². The van der Waals surface area contributed by atoms with Crippen molar-refractivity contribution in [3.05, 3.63) is 77.4 Å². The van der Waals surface area contributed by atoms with Gasteiger partial charge in [-0.3, -0.25) is 0 Å². The van der Waals surface area contributed by atoms with Crippen molar-refractivity contribution in [1.82, 2.24) is 10.3 Å². The number of thiazole rings is 1. The summed E-state index contributed by atoms with van der Waals surface area (Å²) in [6.45, 7) is 1.81. The van der Waals surface area contributed by atoms with Crippen LogP contribution in [0.1, 0.15) is 10.6 Å². The van der Waals surface area contributed by atoms with Crippen LogP contribution in [0.3, 0.4) is 0 Å². The molecule has 0 spiro atoms. The fourth-order valence-corrected chi connectivity index (χ4v) is 4.25. The lowest BCUT2D eigenvalue weighted by molar-refractivity contribution is 0.174. The Morgan fingerprint density at radius 2 is 1.81 bits per heavy atom. The van der Waals surface area contributed by atoms with E-state index in [0.717, 1.165) is 29.6 Å². The quantitative estimate of drug-likeness (QED) is 0.535. The summed E-state index contributed by atoms with van der Waals surface area (Å²) in [4.78, 5) is 5.80. The molecule has 0 unspecified atom stereocenters. The summed E-state index contributed by atoms with van der Waals surface area (Å²) < 4.78 is 10.8. The van der Waals surface area contributed by atoms with Gasteiger partial charge in [0, 0.05) is 24.8 Å². The molecule has 0 aliphatic carbocycles. The number of nitrogens with zero attached hydrogens (tertiary/aromatic N) is 1. The van der Waals surface area contributed by atoms with Crippen LogP contribution in [0.4, 0.5) is 0 Å². The molecule has 1 aliphatic rings. The largest absolute Gasteiger partial charge is 0.454 e. The highest BCUT2D eigenvalue weighted by Crippen LogP contribution is 2.33. The number of aromatic nitrogens is 1. The third-order valence-electron chi connectivity index (χ3n) is 4.65. The van der Waals surface area contributed by atoms with Gasteiger partial charge in [0.2, 0.25) is 6.79 Å². The molecule has 3 aromatic carbocycles. The van der Waals surface area contributed by atoms with Crippen LogP contribution in [0, 0.1) is 0 Å². The topological polar surface area (TPSA) is 43.4 Å². The number of fused-ring (bicyclic) bond motifs is 2. The Labute approximate surface area is 161 Å². The van der Waals surface area contributed by atoms with Gasteiger partial charge in [0.1, 0.15) is 5.01 Å². The van der Waals surface area contributed by atoms with Crippen molar-refractivity contribution in [3.63, 3.8) is 0 Å². The van der Waals surface area contributed by atoms with Crippen LogP contribution in [-0.4, -0.2) is 11.8 Å². The van der Waals surface area contributed by atoms with Gasteiger partial charge in [0.25, 0.3) is 0 Å². The summed E-state index contributed by atoms with van der Waals surface area (Å²) in [6, 6.07) is 20.9. The normalized spacial score (nSPS) is 12.6. The van der Waals surface area contributed by atoms with Crippen LogP contribution >= 0.6 is 11.3 Å². The van der Waals surface area contributed by atoms with E-state index in [-0.39, 0.29) is 0 Å². The van der Waals surface area contributed by atoms with Gasteiger partial charge in [-0.25, -0.2) is 4.98 Å². The number of rotatable bonds is 5. The number of hydrogen-bond acceptors (Lipinski definition) is 5. The smallest absolute Gasteiger partial charge is 0.231 e. The van der Waals surface area contributed by atoms with Crippen molar-refractivity contribution >= 4 is 22.1 Å². The monoisotopic (exact) mass is 374 g/mol. The van der Waals surface area contributed by atoms with Crippen molar-refractivity contribution in [3.8, 4) is 21.9 Å². The summed E-state index contributed by atoms with van der Waals surface area (Å²) in [6.07, 6.45) is 1.98.